The fourth-order valence-corrected chi connectivity index (χ4v) is 3.88. The number of fused-ring (bicyclic) bond motifs is 1. The van der Waals surface area contributed by atoms with Crippen molar-refractivity contribution < 1.29 is 4.79 Å². The van der Waals surface area contributed by atoms with E-state index in [9.17, 15) is 9.59 Å². The van der Waals surface area contributed by atoms with Gasteiger partial charge in [0.1, 0.15) is 0 Å². The Morgan fingerprint density at radius 2 is 1.93 bits per heavy atom. The number of pyridine rings is 2. The van der Waals surface area contributed by atoms with E-state index in [0.717, 1.165) is 43.4 Å². The van der Waals surface area contributed by atoms with E-state index in [1.807, 2.05) is 47.4 Å². The minimum Gasteiger partial charge on any atom is -0.330 e. The largest absolute Gasteiger partial charge is 0.330 e. The van der Waals surface area contributed by atoms with Gasteiger partial charge in [0.2, 0.25) is 5.56 Å². The number of carbonyl (C=O) groups excluding carboxylic acids is 1. The number of nitrogens with one attached hydrogen (secondary N) is 2. The van der Waals surface area contributed by atoms with Crippen molar-refractivity contribution in [3.8, 4) is 0 Å². The number of rotatable bonds is 4. The first-order valence-corrected chi connectivity index (χ1v) is 9.76. The molecule has 152 valence electrons. The summed E-state index contributed by atoms with van der Waals surface area (Å²) >= 11 is 0. The number of carbonyl (C=O) groups is 1. The molecular weight excluding hydrogens is 388 g/mol. The maximum atomic E-state index is 13.7. The molecule has 29 heavy (non-hydrogen) atoms. The molecular formula is C22H25ClN4O2. The minimum atomic E-state index is -0.262. The smallest absolute Gasteiger partial charge is 0.255 e. The van der Waals surface area contributed by atoms with Gasteiger partial charge in [-0.05, 0) is 50.6 Å². The summed E-state index contributed by atoms with van der Waals surface area (Å²) in [6.45, 7) is 2.29. The fraction of sp³-hybridized carbons (Fsp3) is 0.318. The molecule has 1 fully saturated rings. The summed E-state index contributed by atoms with van der Waals surface area (Å²) in [5, 5.41) is 4.17. The fourth-order valence-electron chi connectivity index (χ4n) is 3.88. The van der Waals surface area contributed by atoms with Crippen molar-refractivity contribution in [3.05, 3.63) is 76.3 Å². The number of para-hydroxylation sites is 1. The zero-order valence-corrected chi connectivity index (χ0v) is 17.0. The van der Waals surface area contributed by atoms with Gasteiger partial charge < -0.3 is 15.2 Å². The van der Waals surface area contributed by atoms with Crippen LogP contribution in [0, 0.1) is 0 Å². The van der Waals surface area contributed by atoms with Crippen molar-refractivity contribution in [2.24, 2.45) is 0 Å². The summed E-state index contributed by atoms with van der Waals surface area (Å²) in [5.74, 6) is -0.111. The summed E-state index contributed by atoms with van der Waals surface area (Å²) in [6.07, 6.45) is 4.59. The Hall–Kier alpha value is -2.70. The standard InChI is InChI=1S/C22H24N4O2.ClH/c27-21-14-19(18-8-1-2-9-20(18)25-21)22(28)26(15-16-6-3-4-12-24-16)17-7-5-11-23-13-10-17;/h1-4,6,8-9,12,14,17,23H,5,7,10-11,13,15H2,(H,25,27);1H. The summed E-state index contributed by atoms with van der Waals surface area (Å²) in [6, 6.07) is 14.7. The first kappa shape index (κ1) is 21.0. The molecule has 0 aliphatic carbocycles. The lowest BCUT2D eigenvalue weighted by atomic mass is 10.0. The van der Waals surface area contributed by atoms with E-state index in [1.165, 1.54) is 6.07 Å². The van der Waals surface area contributed by atoms with Crippen molar-refractivity contribution in [1.29, 1.82) is 0 Å². The van der Waals surface area contributed by atoms with Gasteiger partial charge >= 0.3 is 0 Å². The predicted molar refractivity (Wildman–Crippen MR) is 116 cm³/mol. The van der Waals surface area contributed by atoms with Crippen LogP contribution in [-0.4, -0.2) is 39.9 Å². The molecule has 3 heterocycles. The molecule has 2 aromatic heterocycles. The van der Waals surface area contributed by atoms with Gasteiger partial charge in [-0.3, -0.25) is 14.6 Å². The number of halogens is 1. The first-order valence-electron chi connectivity index (χ1n) is 9.76. The highest BCUT2D eigenvalue weighted by Gasteiger charge is 2.27. The normalized spacial score (nSPS) is 16.6. The number of hydrogen-bond donors (Lipinski definition) is 2. The number of nitrogens with zero attached hydrogens (tertiary/aromatic N) is 2. The highest BCUT2D eigenvalue weighted by atomic mass is 35.5. The Bertz CT molecular complexity index is 1010. The maximum absolute atomic E-state index is 13.7. The third-order valence-corrected chi connectivity index (χ3v) is 5.29. The molecule has 1 aliphatic rings. The first-order chi connectivity index (χ1) is 13.7. The van der Waals surface area contributed by atoms with Crippen LogP contribution in [0.15, 0.2) is 59.5 Å². The molecule has 7 heteroatoms. The molecule has 0 radical (unpaired) electrons. The highest BCUT2D eigenvalue weighted by Crippen LogP contribution is 2.22. The van der Waals surface area contributed by atoms with Crippen LogP contribution in [0.5, 0.6) is 0 Å². The Morgan fingerprint density at radius 1 is 1.10 bits per heavy atom. The second-order valence-electron chi connectivity index (χ2n) is 7.18. The molecule has 1 amide bonds. The van der Waals surface area contributed by atoms with E-state index in [0.29, 0.717) is 17.6 Å². The third kappa shape index (κ3) is 4.83. The monoisotopic (exact) mass is 412 g/mol. The molecule has 3 aromatic rings. The van der Waals surface area contributed by atoms with Crippen molar-refractivity contribution in [2.75, 3.05) is 13.1 Å². The molecule has 1 saturated heterocycles. The highest BCUT2D eigenvalue weighted by molar-refractivity contribution is 6.06. The predicted octanol–water partition coefficient (Wildman–Crippen LogP) is 3.13. The van der Waals surface area contributed by atoms with Gasteiger partial charge in [0.25, 0.3) is 5.91 Å². The van der Waals surface area contributed by atoms with Crippen LogP contribution in [-0.2, 0) is 6.54 Å². The van der Waals surface area contributed by atoms with Gasteiger partial charge in [0, 0.05) is 29.2 Å². The second-order valence-corrected chi connectivity index (χ2v) is 7.18. The van der Waals surface area contributed by atoms with Gasteiger partial charge in [-0.2, -0.15) is 0 Å². The molecule has 1 unspecified atom stereocenters. The Balaban J connectivity index is 0.00000240. The van der Waals surface area contributed by atoms with Crippen molar-refractivity contribution in [2.45, 2.75) is 31.8 Å². The van der Waals surface area contributed by atoms with Crippen LogP contribution in [0.3, 0.4) is 0 Å². The summed E-state index contributed by atoms with van der Waals surface area (Å²) in [4.78, 5) is 35.0. The topological polar surface area (TPSA) is 78.1 Å². The Labute approximate surface area is 175 Å². The SMILES string of the molecule is Cl.O=C(c1cc(=O)[nH]c2ccccc12)N(Cc1ccccn1)C1CCCNCC1. The molecule has 0 saturated carbocycles. The van der Waals surface area contributed by atoms with Crippen LogP contribution in [0.2, 0.25) is 0 Å². The number of H-pyrrole nitrogens is 1. The van der Waals surface area contributed by atoms with Gasteiger partial charge in [0.05, 0.1) is 17.8 Å². The number of aromatic amines is 1. The number of amides is 1. The van der Waals surface area contributed by atoms with E-state index < -0.39 is 0 Å². The van der Waals surface area contributed by atoms with Gasteiger partial charge in [-0.1, -0.05) is 24.3 Å². The van der Waals surface area contributed by atoms with E-state index in [2.05, 4.69) is 15.3 Å². The summed E-state index contributed by atoms with van der Waals surface area (Å²) in [7, 11) is 0. The van der Waals surface area contributed by atoms with Crippen LogP contribution >= 0.6 is 12.4 Å². The molecule has 1 atom stereocenters. The quantitative estimate of drug-likeness (QED) is 0.690. The zero-order chi connectivity index (χ0) is 19.3. The average molecular weight is 413 g/mol. The van der Waals surface area contributed by atoms with Gasteiger partial charge in [0.15, 0.2) is 0 Å². The van der Waals surface area contributed by atoms with Crippen molar-refractivity contribution in [3.63, 3.8) is 0 Å². The molecule has 4 rings (SSSR count). The number of hydrogen-bond acceptors (Lipinski definition) is 4. The lowest BCUT2D eigenvalue weighted by molar-refractivity contribution is 0.0644. The summed E-state index contributed by atoms with van der Waals surface area (Å²) in [5.41, 5.74) is 1.72. The zero-order valence-electron chi connectivity index (χ0n) is 16.1. The van der Waals surface area contributed by atoms with E-state index in [1.54, 1.807) is 6.20 Å². The van der Waals surface area contributed by atoms with Crippen LogP contribution in [0.1, 0.15) is 35.3 Å². The Kier molecular flexibility index (Phi) is 7.01. The second kappa shape index (κ2) is 9.67. The van der Waals surface area contributed by atoms with E-state index >= 15 is 0 Å². The van der Waals surface area contributed by atoms with E-state index in [4.69, 9.17) is 0 Å². The summed E-state index contributed by atoms with van der Waals surface area (Å²) < 4.78 is 0. The molecule has 1 aliphatic heterocycles. The molecule has 6 nitrogen and oxygen atoms in total. The molecule has 0 spiro atoms. The van der Waals surface area contributed by atoms with Gasteiger partial charge in [-0.15, -0.1) is 12.4 Å². The average Bonchev–Trinajstić information content (AvgIpc) is 3.01. The van der Waals surface area contributed by atoms with E-state index in [-0.39, 0.29) is 29.9 Å². The lowest BCUT2D eigenvalue weighted by Crippen LogP contribution is -2.41. The number of benzene rings is 1. The molecule has 2 N–H and O–H groups in total. The van der Waals surface area contributed by atoms with Crippen LogP contribution in [0.25, 0.3) is 10.9 Å². The minimum absolute atomic E-state index is 0. The molecule has 0 bridgehead atoms. The lowest BCUT2D eigenvalue weighted by Gasteiger charge is -2.31. The van der Waals surface area contributed by atoms with Gasteiger partial charge in [-0.25, -0.2) is 0 Å². The maximum Gasteiger partial charge on any atom is 0.255 e. The number of aromatic nitrogens is 2. The van der Waals surface area contributed by atoms with Crippen LogP contribution in [0.4, 0.5) is 0 Å². The molecule has 1 aromatic carbocycles. The van der Waals surface area contributed by atoms with Crippen molar-refractivity contribution >= 4 is 29.2 Å². The van der Waals surface area contributed by atoms with Crippen LogP contribution < -0.4 is 10.9 Å². The van der Waals surface area contributed by atoms with Crippen molar-refractivity contribution in [1.82, 2.24) is 20.2 Å². The Morgan fingerprint density at radius 3 is 2.76 bits per heavy atom. The third-order valence-electron chi connectivity index (χ3n) is 5.29.